The number of ether oxygens (including phenoxy) is 2. The largest absolute Gasteiger partial charge is 0.490 e. The van der Waals surface area contributed by atoms with Crippen molar-refractivity contribution in [3.63, 3.8) is 0 Å². The average molecular weight is 585 g/mol. The van der Waals surface area contributed by atoms with Gasteiger partial charge >= 0.3 is 0 Å². The minimum Gasteiger partial charge on any atom is -0.490 e. The van der Waals surface area contributed by atoms with Crippen molar-refractivity contribution in [2.75, 3.05) is 12.0 Å². The summed E-state index contributed by atoms with van der Waals surface area (Å²) in [5.41, 5.74) is 6.72. The van der Waals surface area contributed by atoms with Gasteiger partial charge in [0.05, 0.1) is 32.3 Å². The number of hydrazone groups is 1. The van der Waals surface area contributed by atoms with Crippen molar-refractivity contribution in [2.24, 2.45) is 5.10 Å². The molecule has 0 aliphatic rings. The van der Waals surface area contributed by atoms with Crippen LogP contribution in [0.5, 0.6) is 11.5 Å². The summed E-state index contributed by atoms with van der Waals surface area (Å²) < 4.78 is 14.8. The fourth-order valence-corrected chi connectivity index (χ4v) is 4.36. The van der Waals surface area contributed by atoms with Crippen molar-refractivity contribution >= 4 is 51.5 Å². The van der Waals surface area contributed by atoms with Crippen LogP contribution in [0.25, 0.3) is 11.0 Å². The SMILES string of the molecule is CCOc1cc(/C=N\Nc2nc3ccccc3n2CC)cc(I)c1OCc1ccc([N+](=O)[O-])cc1. The molecular formula is C25H24IN5O4. The molecule has 0 amide bonds. The van der Waals surface area contributed by atoms with E-state index in [1.54, 1.807) is 18.3 Å². The Morgan fingerprint density at radius 2 is 1.91 bits per heavy atom. The van der Waals surface area contributed by atoms with Crippen molar-refractivity contribution in [1.82, 2.24) is 9.55 Å². The van der Waals surface area contributed by atoms with Crippen LogP contribution in [0.4, 0.5) is 11.6 Å². The van der Waals surface area contributed by atoms with E-state index in [1.807, 2.05) is 43.3 Å². The number of hydrogen-bond acceptors (Lipinski definition) is 7. The first kappa shape index (κ1) is 24.5. The first-order valence-electron chi connectivity index (χ1n) is 11.1. The lowest BCUT2D eigenvalue weighted by atomic mass is 10.2. The van der Waals surface area contributed by atoms with Gasteiger partial charge in [0.25, 0.3) is 5.69 Å². The molecule has 3 aromatic carbocycles. The van der Waals surface area contributed by atoms with Gasteiger partial charge in [0.2, 0.25) is 5.95 Å². The summed E-state index contributed by atoms with van der Waals surface area (Å²) in [5.74, 6) is 1.89. The van der Waals surface area contributed by atoms with E-state index in [0.717, 1.165) is 32.3 Å². The van der Waals surface area contributed by atoms with E-state index in [-0.39, 0.29) is 12.3 Å². The van der Waals surface area contributed by atoms with Gasteiger partial charge in [-0.15, -0.1) is 0 Å². The number of benzene rings is 3. The molecule has 9 nitrogen and oxygen atoms in total. The number of hydrogen-bond donors (Lipinski definition) is 1. The van der Waals surface area contributed by atoms with Crippen LogP contribution >= 0.6 is 22.6 Å². The number of anilines is 1. The Morgan fingerprint density at radius 3 is 2.63 bits per heavy atom. The fraction of sp³-hybridized carbons (Fsp3) is 0.200. The van der Waals surface area contributed by atoms with E-state index < -0.39 is 4.92 Å². The van der Waals surface area contributed by atoms with Crippen LogP contribution in [0.3, 0.4) is 0 Å². The van der Waals surface area contributed by atoms with Gasteiger partial charge in [-0.25, -0.2) is 10.4 Å². The van der Waals surface area contributed by atoms with Crippen LogP contribution in [0.1, 0.15) is 25.0 Å². The minimum absolute atomic E-state index is 0.0464. The summed E-state index contributed by atoms with van der Waals surface area (Å²) in [6.07, 6.45) is 1.71. The van der Waals surface area contributed by atoms with Gasteiger partial charge in [-0.05, 0) is 84.0 Å². The summed E-state index contributed by atoms with van der Waals surface area (Å²) in [5, 5.41) is 15.2. The summed E-state index contributed by atoms with van der Waals surface area (Å²) in [4.78, 5) is 15.0. The molecule has 0 radical (unpaired) electrons. The normalized spacial score (nSPS) is 11.2. The van der Waals surface area contributed by atoms with Gasteiger partial charge in [0.15, 0.2) is 11.5 Å². The number of fused-ring (bicyclic) bond motifs is 1. The Balaban J connectivity index is 1.50. The lowest BCUT2D eigenvalue weighted by Gasteiger charge is -2.14. The number of para-hydroxylation sites is 2. The zero-order valence-electron chi connectivity index (χ0n) is 19.3. The molecule has 0 atom stereocenters. The minimum atomic E-state index is -0.423. The van der Waals surface area contributed by atoms with E-state index in [2.05, 4.69) is 49.6 Å². The van der Waals surface area contributed by atoms with Crippen LogP contribution in [0.2, 0.25) is 0 Å². The van der Waals surface area contributed by atoms with Gasteiger partial charge in [-0.3, -0.25) is 10.1 Å². The maximum absolute atomic E-state index is 10.9. The lowest BCUT2D eigenvalue weighted by molar-refractivity contribution is -0.384. The molecule has 0 saturated heterocycles. The molecule has 0 fully saturated rings. The number of nitrogens with zero attached hydrogens (tertiary/aromatic N) is 4. The van der Waals surface area contributed by atoms with Crippen LogP contribution in [0.15, 0.2) is 65.8 Å². The zero-order valence-corrected chi connectivity index (χ0v) is 21.4. The number of aryl methyl sites for hydroxylation is 1. The molecule has 0 aliphatic carbocycles. The smallest absolute Gasteiger partial charge is 0.269 e. The van der Waals surface area contributed by atoms with Crippen molar-refractivity contribution in [2.45, 2.75) is 27.0 Å². The van der Waals surface area contributed by atoms with E-state index >= 15 is 0 Å². The van der Waals surface area contributed by atoms with Crippen molar-refractivity contribution in [3.05, 3.63) is 85.5 Å². The third-order valence-electron chi connectivity index (χ3n) is 5.21. The van der Waals surface area contributed by atoms with Gasteiger partial charge in [-0.1, -0.05) is 12.1 Å². The Morgan fingerprint density at radius 1 is 1.14 bits per heavy atom. The number of nitro benzene ring substituents is 1. The maximum atomic E-state index is 10.9. The molecule has 4 rings (SSSR count). The summed E-state index contributed by atoms with van der Waals surface area (Å²) in [6, 6.07) is 18.1. The number of nitrogens with one attached hydrogen (secondary N) is 1. The van der Waals surface area contributed by atoms with Crippen molar-refractivity contribution in [1.29, 1.82) is 0 Å². The zero-order chi connectivity index (χ0) is 24.8. The first-order valence-corrected chi connectivity index (χ1v) is 12.1. The number of halogens is 1. The number of rotatable bonds is 10. The summed E-state index contributed by atoms with van der Waals surface area (Å²) >= 11 is 2.20. The number of nitro groups is 1. The predicted octanol–water partition coefficient (Wildman–Crippen LogP) is 5.99. The molecule has 0 aliphatic heterocycles. The summed E-state index contributed by atoms with van der Waals surface area (Å²) in [6.45, 7) is 5.48. The van der Waals surface area contributed by atoms with Crippen LogP contribution in [-0.2, 0) is 13.2 Å². The highest BCUT2D eigenvalue weighted by atomic mass is 127. The molecule has 0 saturated carbocycles. The third kappa shape index (κ3) is 5.70. The molecule has 1 N–H and O–H groups in total. The fourth-order valence-electron chi connectivity index (χ4n) is 3.58. The molecular weight excluding hydrogens is 561 g/mol. The van der Waals surface area contributed by atoms with Crippen molar-refractivity contribution in [3.8, 4) is 11.5 Å². The standard InChI is InChI=1S/C25H24IN5O4/c1-3-30-22-8-6-5-7-21(22)28-25(30)29-27-15-18-13-20(26)24(23(14-18)34-4-2)35-16-17-9-11-19(12-10-17)31(32)33/h5-15H,3-4,16H2,1-2H3,(H,28,29)/b27-15-. The van der Waals surface area contributed by atoms with E-state index in [4.69, 9.17) is 9.47 Å². The van der Waals surface area contributed by atoms with Gasteiger partial charge < -0.3 is 14.0 Å². The molecule has 0 bridgehead atoms. The number of aromatic nitrogens is 2. The Kier molecular flexibility index (Phi) is 7.80. The highest BCUT2D eigenvalue weighted by Crippen LogP contribution is 2.34. The monoisotopic (exact) mass is 585 g/mol. The maximum Gasteiger partial charge on any atom is 0.269 e. The van der Waals surface area contributed by atoms with E-state index in [0.29, 0.717) is 24.1 Å². The second-order valence-electron chi connectivity index (χ2n) is 7.51. The molecule has 10 heteroatoms. The molecule has 4 aromatic rings. The Hall–Kier alpha value is -3.67. The van der Waals surface area contributed by atoms with E-state index in [9.17, 15) is 10.1 Å². The molecule has 1 heterocycles. The summed E-state index contributed by atoms with van der Waals surface area (Å²) in [7, 11) is 0. The highest BCUT2D eigenvalue weighted by molar-refractivity contribution is 14.1. The third-order valence-corrected chi connectivity index (χ3v) is 6.01. The predicted molar refractivity (Wildman–Crippen MR) is 144 cm³/mol. The molecule has 0 spiro atoms. The van der Waals surface area contributed by atoms with Crippen LogP contribution in [-0.4, -0.2) is 27.3 Å². The molecule has 35 heavy (non-hydrogen) atoms. The molecule has 1 aromatic heterocycles. The van der Waals surface area contributed by atoms with Gasteiger partial charge in [0, 0.05) is 18.7 Å². The van der Waals surface area contributed by atoms with Crippen LogP contribution in [0, 0.1) is 13.7 Å². The van der Waals surface area contributed by atoms with Gasteiger partial charge in [-0.2, -0.15) is 5.10 Å². The Labute approximate surface area is 216 Å². The van der Waals surface area contributed by atoms with Crippen LogP contribution < -0.4 is 14.9 Å². The quantitative estimate of drug-likeness (QED) is 0.106. The number of non-ortho nitro benzene ring substituents is 1. The average Bonchev–Trinajstić information content (AvgIpc) is 3.21. The molecule has 180 valence electrons. The molecule has 0 unspecified atom stereocenters. The topological polar surface area (TPSA) is 104 Å². The van der Waals surface area contributed by atoms with E-state index in [1.165, 1.54) is 12.1 Å². The van der Waals surface area contributed by atoms with Gasteiger partial charge in [0.1, 0.15) is 6.61 Å². The second kappa shape index (κ2) is 11.2. The second-order valence-corrected chi connectivity index (χ2v) is 8.68. The van der Waals surface area contributed by atoms with Crippen molar-refractivity contribution < 1.29 is 14.4 Å². The highest BCUT2D eigenvalue weighted by Gasteiger charge is 2.13. The first-order chi connectivity index (χ1) is 17.0. The lowest BCUT2D eigenvalue weighted by Crippen LogP contribution is -2.04. The Bertz CT molecular complexity index is 1370. The number of imidazole rings is 1.